The summed E-state index contributed by atoms with van der Waals surface area (Å²) in [4.78, 5) is 15.0. The minimum atomic E-state index is -1.05. The van der Waals surface area contributed by atoms with Gasteiger partial charge in [0.05, 0.1) is 5.52 Å². The fourth-order valence-corrected chi connectivity index (χ4v) is 2.98. The molecule has 0 spiro atoms. The van der Waals surface area contributed by atoms with Crippen LogP contribution in [-0.4, -0.2) is 16.1 Å². The molecule has 4 heteroatoms. The van der Waals surface area contributed by atoms with Crippen molar-refractivity contribution in [3.05, 3.63) is 78.4 Å². The molecule has 1 atom stereocenters. The van der Waals surface area contributed by atoms with Crippen molar-refractivity contribution < 1.29 is 14.6 Å². The van der Waals surface area contributed by atoms with Gasteiger partial charge in [0.25, 0.3) is 0 Å². The molecule has 1 aromatic heterocycles. The third-order valence-corrected chi connectivity index (χ3v) is 4.06. The van der Waals surface area contributed by atoms with E-state index in [2.05, 4.69) is 4.98 Å². The molecule has 1 heterocycles. The molecular formula is C22H21NO3. The van der Waals surface area contributed by atoms with Crippen LogP contribution in [0.5, 0.6) is 5.75 Å². The molecule has 0 aliphatic rings. The minimum Gasteiger partial charge on any atom is -0.478 e. The molecule has 0 saturated heterocycles. The topological polar surface area (TPSA) is 62.3 Å². The highest BCUT2D eigenvalue weighted by molar-refractivity contribution is 6.10. The van der Waals surface area contributed by atoms with Crippen LogP contribution in [-0.2, 0) is 4.79 Å². The number of nitrogens with one attached hydrogen (secondary N) is 1. The van der Waals surface area contributed by atoms with Crippen LogP contribution in [0.1, 0.15) is 25.5 Å². The Balaban J connectivity index is 0.000000948. The molecule has 0 radical (unpaired) electrons. The van der Waals surface area contributed by atoms with Gasteiger partial charge < -0.3 is 14.8 Å². The van der Waals surface area contributed by atoms with Crippen LogP contribution in [0.2, 0.25) is 0 Å². The molecule has 4 nitrogen and oxygen atoms in total. The van der Waals surface area contributed by atoms with Crippen molar-refractivity contribution >= 4 is 27.8 Å². The summed E-state index contributed by atoms with van der Waals surface area (Å²) in [5, 5.41) is 11.5. The smallest absolute Gasteiger partial charge is 0.349 e. The zero-order chi connectivity index (χ0) is 18.5. The van der Waals surface area contributed by atoms with E-state index in [9.17, 15) is 9.90 Å². The Labute approximate surface area is 152 Å². The largest absolute Gasteiger partial charge is 0.478 e. The zero-order valence-corrected chi connectivity index (χ0v) is 14.8. The quantitative estimate of drug-likeness (QED) is 0.508. The van der Waals surface area contributed by atoms with Crippen molar-refractivity contribution in [2.75, 3.05) is 0 Å². The number of fused-ring (bicyclic) bond motifs is 3. The number of benzene rings is 3. The van der Waals surface area contributed by atoms with E-state index < -0.39 is 12.1 Å². The van der Waals surface area contributed by atoms with Crippen molar-refractivity contribution in [1.29, 1.82) is 0 Å². The van der Waals surface area contributed by atoms with Crippen LogP contribution in [0.4, 0.5) is 0 Å². The number of hydrogen-bond acceptors (Lipinski definition) is 2. The Morgan fingerprint density at radius 1 is 0.885 bits per heavy atom. The van der Waals surface area contributed by atoms with Crippen LogP contribution in [0.3, 0.4) is 0 Å². The van der Waals surface area contributed by atoms with Crippen molar-refractivity contribution in [1.82, 2.24) is 4.98 Å². The summed E-state index contributed by atoms with van der Waals surface area (Å²) in [6.07, 6.45) is -1.05. The van der Waals surface area contributed by atoms with Crippen molar-refractivity contribution in [3.63, 3.8) is 0 Å². The summed E-state index contributed by atoms with van der Waals surface area (Å²) in [5.74, 6) is -0.459. The Kier molecular flexibility index (Phi) is 5.23. The van der Waals surface area contributed by atoms with Gasteiger partial charge in [0.1, 0.15) is 5.75 Å². The fraction of sp³-hybridized carbons (Fsp3) is 0.136. The van der Waals surface area contributed by atoms with Crippen molar-refractivity contribution in [2.24, 2.45) is 0 Å². The molecule has 1 unspecified atom stereocenters. The maximum absolute atomic E-state index is 11.7. The first-order valence-electron chi connectivity index (χ1n) is 8.68. The van der Waals surface area contributed by atoms with Gasteiger partial charge in [-0.05, 0) is 18.2 Å². The average Bonchev–Trinajstić information content (AvgIpc) is 3.07. The van der Waals surface area contributed by atoms with Crippen molar-refractivity contribution in [2.45, 2.75) is 20.0 Å². The first-order chi connectivity index (χ1) is 12.7. The van der Waals surface area contributed by atoms with Gasteiger partial charge in [0, 0.05) is 21.9 Å². The van der Waals surface area contributed by atoms with Gasteiger partial charge in [-0.1, -0.05) is 68.4 Å². The number of rotatable bonds is 4. The van der Waals surface area contributed by atoms with Crippen LogP contribution in [0.25, 0.3) is 21.8 Å². The third-order valence-electron chi connectivity index (χ3n) is 4.06. The van der Waals surface area contributed by atoms with Crippen LogP contribution < -0.4 is 4.74 Å². The fourth-order valence-electron chi connectivity index (χ4n) is 2.98. The molecule has 4 aromatic rings. The molecule has 132 valence electrons. The van der Waals surface area contributed by atoms with Gasteiger partial charge in [-0.15, -0.1) is 0 Å². The molecule has 26 heavy (non-hydrogen) atoms. The SMILES string of the molecule is CC.O=C(O)C(Oc1cccc2[nH]c3ccccc3c12)c1ccccc1. The lowest BCUT2D eigenvalue weighted by atomic mass is 10.1. The lowest BCUT2D eigenvalue weighted by Gasteiger charge is -2.16. The molecule has 2 N–H and O–H groups in total. The monoisotopic (exact) mass is 347 g/mol. The van der Waals surface area contributed by atoms with Gasteiger partial charge in [0.15, 0.2) is 0 Å². The number of carboxylic acid groups (broad SMARTS) is 1. The Bertz CT molecular complexity index is 1020. The number of ether oxygens (including phenoxy) is 1. The molecule has 0 bridgehead atoms. The second-order valence-corrected chi connectivity index (χ2v) is 5.60. The number of carbonyl (C=O) groups is 1. The van der Waals surface area contributed by atoms with Gasteiger partial charge >= 0.3 is 5.97 Å². The molecule has 0 amide bonds. The average molecular weight is 347 g/mol. The van der Waals surface area contributed by atoms with E-state index in [-0.39, 0.29) is 0 Å². The Morgan fingerprint density at radius 2 is 1.54 bits per heavy atom. The molecule has 0 fully saturated rings. The summed E-state index contributed by atoms with van der Waals surface area (Å²) in [6, 6.07) is 22.5. The van der Waals surface area contributed by atoms with E-state index in [1.165, 1.54) is 0 Å². The Morgan fingerprint density at radius 3 is 2.27 bits per heavy atom. The number of hydrogen-bond donors (Lipinski definition) is 2. The van der Waals surface area contributed by atoms with E-state index >= 15 is 0 Å². The number of para-hydroxylation sites is 1. The van der Waals surface area contributed by atoms with Crippen LogP contribution >= 0.6 is 0 Å². The number of aromatic nitrogens is 1. The second-order valence-electron chi connectivity index (χ2n) is 5.60. The second kappa shape index (κ2) is 7.74. The van der Waals surface area contributed by atoms with E-state index in [0.717, 1.165) is 21.8 Å². The van der Waals surface area contributed by atoms with Gasteiger partial charge in [-0.3, -0.25) is 0 Å². The maximum Gasteiger partial charge on any atom is 0.349 e. The number of aliphatic carboxylic acids is 1. The minimum absolute atomic E-state index is 0.557. The highest BCUT2D eigenvalue weighted by atomic mass is 16.5. The molecule has 0 aliphatic carbocycles. The highest BCUT2D eigenvalue weighted by Gasteiger charge is 2.23. The molecule has 0 saturated carbocycles. The lowest BCUT2D eigenvalue weighted by molar-refractivity contribution is -0.145. The molecule has 3 aromatic carbocycles. The summed E-state index contributed by atoms with van der Waals surface area (Å²) in [7, 11) is 0. The van der Waals surface area contributed by atoms with Crippen LogP contribution in [0.15, 0.2) is 72.8 Å². The first kappa shape index (κ1) is 17.5. The highest BCUT2D eigenvalue weighted by Crippen LogP contribution is 2.35. The predicted octanol–water partition coefficient (Wildman–Crippen LogP) is 5.55. The van der Waals surface area contributed by atoms with Gasteiger partial charge in [-0.2, -0.15) is 0 Å². The lowest BCUT2D eigenvalue weighted by Crippen LogP contribution is -2.18. The van der Waals surface area contributed by atoms with E-state index in [1.54, 1.807) is 24.3 Å². The normalized spacial score (nSPS) is 11.6. The molecular weight excluding hydrogens is 326 g/mol. The summed E-state index contributed by atoms with van der Waals surface area (Å²) < 4.78 is 5.92. The summed E-state index contributed by atoms with van der Waals surface area (Å²) in [6.45, 7) is 4.00. The Hall–Kier alpha value is -3.27. The van der Waals surface area contributed by atoms with E-state index in [1.807, 2.05) is 62.4 Å². The van der Waals surface area contributed by atoms with E-state index in [4.69, 9.17) is 4.74 Å². The number of carboxylic acids is 1. The summed E-state index contributed by atoms with van der Waals surface area (Å²) >= 11 is 0. The van der Waals surface area contributed by atoms with Crippen molar-refractivity contribution in [3.8, 4) is 5.75 Å². The van der Waals surface area contributed by atoms with Crippen LogP contribution in [0, 0.1) is 0 Å². The molecule has 0 aliphatic heterocycles. The third kappa shape index (κ3) is 3.26. The standard InChI is InChI=1S/C20H15NO3.C2H6/c22-20(23)19(13-7-2-1-3-8-13)24-17-12-6-11-16-18(17)14-9-4-5-10-15(14)21-16;1-2/h1-12,19,21H,(H,22,23);1-2H3. The first-order valence-corrected chi connectivity index (χ1v) is 8.68. The van der Waals surface area contributed by atoms with Gasteiger partial charge in [-0.25, -0.2) is 4.79 Å². The predicted molar refractivity (Wildman–Crippen MR) is 105 cm³/mol. The van der Waals surface area contributed by atoms with Gasteiger partial charge in [0.2, 0.25) is 6.10 Å². The van der Waals surface area contributed by atoms with E-state index in [0.29, 0.717) is 11.3 Å². The summed E-state index contributed by atoms with van der Waals surface area (Å²) in [5.41, 5.74) is 2.53. The molecule has 4 rings (SSSR count). The number of H-pyrrole nitrogens is 1. The number of aromatic amines is 1. The zero-order valence-electron chi connectivity index (χ0n) is 14.8. The maximum atomic E-state index is 11.7.